The third kappa shape index (κ3) is 4.70. The lowest BCUT2D eigenvalue weighted by Gasteiger charge is -2.11. The van der Waals surface area contributed by atoms with Crippen LogP contribution in [0.15, 0.2) is 18.4 Å². The van der Waals surface area contributed by atoms with E-state index in [2.05, 4.69) is 6.92 Å². The third-order valence-corrected chi connectivity index (χ3v) is 2.92. The van der Waals surface area contributed by atoms with Gasteiger partial charge in [0.15, 0.2) is 11.5 Å². The van der Waals surface area contributed by atoms with Gasteiger partial charge in [-0.3, -0.25) is 0 Å². The summed E-state index contributed by atoms with van der Waals surface area (Å²) in [6.45, 7) is 2.74. The molecule has 1 rings (SSSR count). The zero-order valence-corrected chi connectivity index (χ0v) is 13.0. The molecule has 21 heavy (non-hydrogen) atoms. The normalized spacial score (nSPS) is 10.5. The molecule has 0 radical (unpaired) electrons. The lowest BCUT2D eigenvalue weighted by molar-refractivity contribution is 0.0600. The molecule has 0 spiro atoms. The van der Waals surface area contributed by atoms with E-state index in [1.165, 1.54) is 14.2 Å². The fourth-order valence-corrected chi connectivity index (χ4v) is 1.74. The van der Waals surface area contributed by atoms with Gasteiger partial charge in [-0.15, -0.1) is 0 Å². The van der Waals surface area contributed by atoms with Crippen LogP contribution < -0.4 is 9.47 Å². The van der Waals surface area contributed by atoms with Gasteiger partial charge in [0.05, 0.1) is 39.8 Å². The summed E-state index contributed by atoms with van der Waals surface area (Å²) in [5, 5.41) is 0. The molecule has 0 aliphatic carbocycles. The van der Waals surface area contributed by atoms with E-state index in [0.29, 0.717) is 29.2 Å². The summed E-state index contributed by atoms with van der Waals surface area (Å²) >= 11 is 0. The number of hydrogen-bond donors (Lipinski definition) is 0. The first-order valence-electron chi connectivity index (χ1n) is 6.80. The zero-order chi connectivity index (χ0) is 15.7. The smallest absolute Gasteiger partial charge is 0.338 e. The van der Waals surface area contributed by atoms with Crippen molar-refractivity contribution in [1.29, 1.82) is 0 Å². The minimum atomic E-state index is -0.441. The fourth-order valence-electron chi connectivity index (χ4n) is 1.74. The van der Waals surface area contributed by atoms with Gasteiger partial charge in [-0.1, -0.05) is 13.3 Å². The SMILES string of the molecule is CCCCOC=Cc1cc(OC)c(OC)cc1C(=O)OC. The Hall–Kier alpha value is -2.17. The molecule has 0 saturated carbocycles. The van der Waals surface area contributed by atoms with Crippen LogP contribution in [0.25, 0.3) is 6.08 Å². The van der Waals surface area contributed by atoms with Crippen molar-refractivity contribution in [2.45, 2.75) is 19.8 Å². The van der Waals surface area contributed by atoms with Crippen molar-refractivity contribution < 1.29 is 23.7 Å². The quantitative estimate of drug-likeness (QED) is 0.418. The van der Waals surface area contributed by atoms with Crippen molar-refractivity contribution in [3.63, 3.8) is 0 Å². The second-order valence-corrected chi connectivity index (χ2v) is 4.31. The van der Waals surface area contributed by atoms with E-state index in [4.69, 9.17) is 18.9 Å². The van der Waals surface area contributed by atoms with Crippen LogP contribution in [0.5, 0.6) is 11.5 Å². The zero-order valence-electron chi connectivity index (χ0n) is 13.0. The van der Waals surface area contributed by atoms with Crippen molar-refractivity contribution in [2.75, 3.05) is 27.9 Å². The molecule has 0 aliphatic rings. The maximum absolute atomic E-state index is 11.8. The third-order valence-electron chi connectivity index (χ3n) is 2.92. The number of carbonyl (C=O) groups is 1. The van der Waals surface area contributed by atoms with E-state index in [-0.39, 0.29) is 0 Å². The number of hydrogen-bond acceptors (Lipinski definition) is 5. The van der Waals surface area contributed by atoms with Gasteiger partial charge in [0.25, 0.3) is 0 Å². The van der Waals surface area contributed by atoms with E-state index in [1.807, 2.05) is 0 Å². The van der Waals surface area contributed by atoms with E-state index in [0.717, 1.165) is 12.8 Å². The number of carbonyl (C=O) groups excluding carboxylic acids is 1. The highest BCUT2D eigenvalue weighted by Gasteiger charge is 2.15. The molecular formula is C16H22O5. The van der Waals surface area contributed by atoms with Crippen molar-refractivity contribution in [1.82, 2.24) is 0 Å². The molecule has 1 aromatic rings. The number of rotatable bonds is 8. The van der Waals surface area contributed by atoms with Gasteiger partial charge in [0, 0.05) is 0 Å². The Bertz CT molecular complexity index is 494. The molecule has 0 unspecified atom stereocenters. The van der Waals surface area contributed by atoms with Crippen LogP contribution in [0.4, 0.5) is 0 Å². The topological polar surface area (TPSA) is 54.0 Å². The lowest BCUT2D eigenvalue weighted by atomic mass is 10.1. The minimum absolute atomic E-state index is 0.394. The first-order valence-corrected chi connectivity index (χ1v) is 6.80. The van der Waals surface area contributed by atoms with Crippen LogP contribution in [0, 0.1) is 0 Å². The van der Waals surface area contributed by atoms with Gasteiger partial charge in [-0.2, -0.15) is 0 Å². The molecule has 5 nitrogen and oxygen atoms in total. The monoisotopic (exact) mass is 294 g/mol. The summed E-state index contributed by atoms with van der Waals surface area (Å²) in [6.07, 6.45) is 5.34. The molecule has 116 valence electrons. The number of unbranched alkanes of at least 4 members (excludes halogenated alkanes) is 1. The Labute approximate surface area is 125 Å². The lowest BCUT2D eigenvalue weighted by Crippen LogP contribution is -2.05. The van der Waals surface area contributed by atoms with Gasteiger partial charge in [0.2, 0.25) is 0 Å². The number of benzene rings is 1. The molecule has 5 heteroatoms. The molecule has 1 aromatic carbocycles. The summed E-state index contributed by atoms with van der Waals surface area (Å²) in [5.41, 5.74) is 1.04. The highest BCUT2D eigenvalue weighted by Crippen LogP contribution is 2.31. The summed E-state index contributed by atoms with van der Waals surface area (Å²) in [5.74, 6) is 0.574. The van der Waals surface area contributed by atoms with Crippen LogP contribution >= 0.6 is 0 Å². The minimum Gasteiger partial charge on any atom is -0.501 e. The summed E-state index contributed by atoms with van der Waals surface area (Å²) in [4.78, 5) is 11.8. The van der Waals surface area contributed by atoms with Gasteiger partial charge in [-0.25, -0.2) is 4.79 Å². The number of esters is 1. The molecule has 0 amide bonds. The van der Waals surface area contributed by atoms with Crippen LogP contribution in [0.1, 0.15) is 35.7 Å². The molecule has 0 aromatic heterocycles. The van der Waals surface area contributed by atoms with Gasteiger partial charge >= 0.3 is 5.97 Å². The van der Waals surface area contributed by atoms with Crippen molar-refractivity contribution in [2.24, 2.45) is 0 Å². The van der Waals surface area contributed by atoms with E-state index < -0.39 is 5.97 Å². The van der Waals surface area contributed by atoms with Crippen LogP contribution in [-0.4, -0.2) is 33.9 Å². The first kappa shape index (κ1) is 16.9. The molecule has 0 N–H and O–H groups in total. The molecule has 0 saturated heterocycles. The molecular weight excluding hydrogens is 272 g/mol. The summed E-state index contributed by atoms with van der Waals surface area (Å²) in [6, 6.07) is 3.31. The van der Waals surface area contributed by atoms with Crippen molar-refractivity contribution >= 4 is 12.0 Å². The predicted molar refractivity (Wildman–Crippen MR) is 80.8 cm³/mol. The first-order chi connectivity index (χ1) is 10.2. The van der Waals surface area contributed by atoms with Crippen molar-refractivity contribution in [3.8, 4) is 11.5 Å². The van der Waals surface area contributed by atoms with E-state index in [9.17, 15) is 4.79 Å². The Morgan fingerprint density at radius 1 is 1.14 bits per heavy atom. The van der Waals surface area contributed by atoms with Crippen LogP contribution in [-0.2, 0) is 9.47 Å². The van der Waals surface area contributed by atoms with Gasteiger partial charge < -0.3 is 18.9 Å². The standard InChI is InChI=1S/C16H22O5/c1-5-6-8-21-9-7-12-10-14(18-2)15(19-3)11-13(12)16(17)20-4/h7,9-11H,5-6,8H2,1-4H3. The average Bonchev–Trinajstić information content (AvgIpc) is 2.53. The maximum atomic E-state index is 11.8. The highest BCUT2D eigenvalue weighted by atomic mass is 16.5. The molecule has 0 fully saturated rings. The summed E-state index contributed by atoms with van der Waals surface area (Å²) in [7, 11) is 4.40. The number of methoxy groups -OCH3 is 3. The van der Waals surface area contributed by atoms with Gasteiger partial charge in [-0.05, 0) is 30.2 Å². The maximum Gasteiger partial charge on any atom is 0.338 e. The molecule has 0 bridgehead atoms. The largest absolute Gasteiger partial charge is 0.501 e. The Kier molecular flexibility index (Phi) is 7.15. The summed E-state index contributed by atoms with van der Waals surface area (Å²) < 4.78 is 20.6. The van der Waals surface area contributed by atoms with E-state index >= 15 is 0 Å². The van der Waals surface area contributed by atoms with E-state index in [1.54, 1.807) is 31.6 Å². The number of ether oxygens (including phenoxy) is 4. The van der Waals surface area contributed by atoms with Crippen LogP contribution in [0.2, 0.25) is 0 Å². The molecule has 0 heterocycles. The second-order valence-electron chi connectivity index (χ2n) is 4.31. The molecule has 0 atom stereocenters. The Morgan fingerprint density at radius 3 is 2.38 bits per heavy atom. The Morgan fingerprint density at radius 2 is 1.81 bits per heavy atom. The average molecular weight is 294 g/mol. The fraction of sp³-hybridized carbons (Fsp3) is 0.438. The highest BCUT2D eigenvalue weighted by molar-refractivity contribution is 5.94. The van der Waals surface area contributed by atoms with Gasteiger partial charge in [0.1, 0.15) is 0 Å². The van der Waals surface area contributed by atoms with Crippen LogP contribution in [0.3, 0.4) is 0 Å². The molecule has 0 aliphatic heterocycles. The Balaban J connectivity index is 3.05. The van der Waals surface area contributed by atoms with Crippen molar-refractivity contribution in [3.05, 3.63) is 29.5 Å². The second kappa shape index (κ2) is 8.89. The predicted octanol–water partition coefficient (Wildman–Crippen LogP) is 3.28.